The minimum absolute atomic E-state index is 0.392. The second-order valence-electron chi connectivity index (χ2n) is 2.08. The fraction of sp³-hybridized carbons (Fsp3) is 1.00. The third-order valence-corrected chi connectivity index (χ3v) is 1.40. The molecule has 0 saturated carbocycles. The molecule has 1 rings (SSSR count). The summed E-state index contributed by atoms with van der Waals surface area (Å²) in [5.41, 5.74) is 2.68. The van der Waals surface area contributed by atoms with Crippen LogP contribution in [0.4, 0.5) is 0 Å². The van der Waals surface area contributed by atoms with Crippen molar-refractivity contribution in [2.45, 2.75) is 18.9 Å². The van der Waals surface area contributed by atoms with Crippen LogP contribution in [0.3, 0.4) is 0 Å². The smallest absolute Gasteiger partial charge is 0.0633 e. The van der Waals surface area contributed by atoms with Gasteiger partial charge in [-0.05, 0) is 12.8 Å². The zero-order valence-electron chi connectivity index (χ0n) is 4.89. The number of rotatable bonds is 1. The highest BCUT2D eigenvalue weighted by atomic mass is 16.5. The van der Waals surface area contributed by atoms with Gasteiger partial charge in [0.05, 0.1) is 6.61 Å². The van der Waals surface area contributed by atoms with Crippen LogP contribution in [-0.4, -0.2) is 19.3 Å². The maximum atomic E-state index is 5.17. The van der Waals surface area contributed by atoms with E-state index in [-0.39, 0.29) is 0 Å². The van der Waals surface area contributed by atoms with E-state index in [4.69, 9.17) is 10.6 Å². The number of hydrogen-bond donors (Lipinski definition) is 2. The predicted molar refractivity (Wildman–Crippen MR) is 31.2 cm³/mol. The molecule has 0 aromatic carbocycles. The fourth-order valence-corrected chi connectivity index (χ4v) is 0.872. The Hall–Kier alpha value is -0.120. The Bertz CT molecular complexity index is 61.4. The normalized spacial score (nSPS) is 30.4. The number of nitrogens with two attached hydrogens (primary N) is 1. The quantitative estimate of drug-likeness (QED) is 0.363. The van der Waals surface area contributed by atoms with E-state index in [1.807, 2.05) is 0 Å². The summed E-state index contributed by atoms with van der Waals surface area (Å²) in [5, 5.41) is 0. The van der Waals surface area contributed by atoms with Gasteiger partial charge in [0.1, 0.15) is 0 Å². The maximum absolute atomic E-state index is 5.17. The van der Waals surface area contributed by atoms with Gasteiger partial charge >= 0.3 is 0 Å². The van der Waals surface area contributed by atoms with Crippen molar-refractivity contribution >= 4 is 0 Å². The molecule has 0 aromatic rings. The van der Waals surface area contributed by atoms with Crippen molar-refractivity contribution in [2.24, 2.45) is 5.84 Å². The number of hydrogen-bond acceptors (Lipinski definition) is 3. The van der Waals surface area contributed by atoms with E-state index in [0.717, 1.165) is 26.1 Å². The second kappa shape index (κ2) is 3.02. The van der Waals surface area contributed by atoms with E-state index < -0.39 is 0 Å². The standard InChI is InChI=1S/C5H12N2O/c6-7-5-2-1-3-8-4-5/h5,7H,1-4,6H2/t5-/m1/s1. The maximum Gasteiger partial charge on any atom is 0.0633 e. The van der Waals surface area contributed by atoms with E-state index in [2.05, 4.69) is 5.43 Å². The molecule has 48 valence electrons. The SMILES string of the molecule is NN[C@@H]1CCCOC1. The summed E-state index contributed by atoms with van der Waals surface area (Å²) >= 11 is 0. The Kier molecular flexibility index (Phi) is 2.27. The molecule has 1 fully saturated rings. The monoisotopic (exact) mass is 116 g/mol. The topological polar surface area (TPSA) is 47.3 Å². The molecule has 3 nitrogen and oxygen atoms in total. The minimum Gasteiger partial charge on any atom is -0.380 e. The van der Waals surface area contributed by atoms with Gasteiger partial charge in [0, 0.05) is 12.6 Å². The van der Waals surface area contributed by atoms with Crippen LogP contribution < -0.4 is 11.3 Å². The second-order valence-corrected chi connectivity index (χ2v) is 2.08. The highest BCUT2D eigenvalue weighted by Gasteiger charge is 2.10. The minimum atomic E-state index is 0.392. The molecular formula is C5H12N2O. The van der Waals surface area contributed by atoms with Crippen molar-refractivity contribution < 1.29 is 4.74 Å². The van der Waals surface area contributed by atoms with Crippen molar-refractivity contribution in [2.75, 3.05) is 13.2 Å². The molecule has 0 radical (unpaired) electrons. The number of nitrogens with one attached hydrogen (secondary N) is 1. The average molecular weight is 116 g/mol. The summed E-state index contributed by atoms with van der Waals surface area (Å²) in [5.74, 6) is 5.17. The molecule has 1 atom stereocenters. The Labute approximate surface area is 49.2 Å². The molecule has 1 aliphatic rings. The van der Waals surface area contributed by atoms with Gasteiger partial charge in [0.2, 0.25) is 0 Å². The van der Waals surface area contributed by atoms with Gasteiger partial charge in [-0.1, -0.05) is 0 Å². The first-order valence-electron chi connectivity index (χ1n) is 2.97. The lowest BCUT2D eigenvalue weighted by atomic mass is 10.1. The Morgan fingerprint density at radius 1 is 1.62 bits per heavy atom. The van der Waals surface area contributed by atoms with Gasteiger partial charge in [0.25, 0.3) is 0 Å². The van der Waals surface area contributed by atoms with Crippen molar-refractivity contribution in [3.63, 3.8) is 0 Å². The van der Waals surface area contributed by atoms with Crippen LogP contribution in [0.1, 0.15) is 12.8 Å². The lowest BCUT2D eigenvalue weighted by Crippen LogP contribution is -2.40. The van der Waals surface area contributed by atoms with Gasteiger partial charge in [-0.3, -0.25) is 11.3 Å². The Morgan fingerprint density at radius 2 is 2.50 bits per heavy atom. The van der Waals surface area contributed by atoms with E-state index in [9.17, 15) is 0 Å². The van der Waals surface area contributed by atoms with Crippen molar-refractivity contribution in [1.82, 2.24) is 5.43 Å². The summed E-state index contributed by atoms with van der Waals surface area (Å²) in [6, 6.07) is 0.392. The third-order valence-electron chi connectivity index (χ3n) is 1.40. The molecule has 0 aliphatic carbocycles. The summed E-state index contributed by atoms with van der Waals surface area (Å²) in [4.78, 5) is 0. The van der Waals surface area contributed by atoms with Gasteiger partial charge in [-0.15, -0.1) is 0 Å². The highest BCUT2D eigenvalue weighted by Crippen LogP contribution is 2.03. The fourth-order valence-electron chi connectivity index (χ4n) is 0.872. The zero-order valence-corrected chi connectivity index (χ0v) is 4.89. The lowest BCUT2D eigenvalue weighted by Gasteiger charge is -2.20. The first kappa shape index (κ1) is 6.01. The van der Waals surface area contributed by atoms with Gasteiger partial charge in [0.15, 0.2) is 0 Å². The molecule has 8 heavy (non-hydrogen) atoms. The first-order valence-corrected chi connectivity index (χ1v) is 2.97. The van der Waals surface area contributed by atoms with Gasteiger partial charge in [-0.25, -0.2) is 0 Å². The molecule has 0 unspecified atom stereocenters. The third kappa shape index (κ3) is 1.43. The zero-order chi connectivity index (χ0) is 5.82. The molecule has 0 spiro atoms. The van der Waals surface area contributed by atoms with Crippen LogP contribution in [0.25, 0.3) is 0 Å². The van der Waals surface area contributed by atoms with E-state index >= 15 is 0 Å². The largest absolute Gasteiger partial charge is 0.380 e. The van der Waals surface area contributed by atoms with Gasteiger partial charge < -0.3 is 4.74 Å². The molecule has 1 saturated heterocycles. The molecule has 0 amide bonds. The average Bonchev–Trinajstić information content (AvgIpc) is 1.90. The summed E-state index contributed by atoms with van der Waals surface area (Å²) in [6.45, 7) is 1.68. The van der Waals surface area contributed by atoms with Crippen LogP contribution in [0.15, 0.2) is 0 Å². The Morgan fingerprint density at radius 3 is 2.88 bits per heavy atom. The number of ether oxygens (including phenoxy) is 1. The number of hydrazine groups is 1. The highest BCUT2D eigenvalue weighted by molar-refractivity contribution is 4.65. The predicted octanol–water partition coefficient (Wildman–Crippen LogP) is -0.371. The van der Waals surface area contributed by atoms with Gasteiger partial charge in [-0.2, -0.15) is 0 Å². The van der Waals surface area contributed by atoms with Crippen molar-refractivity contribution in [3.05, 3.63) is 0 Å². The first-order chi connectivity index (χ1) is 3.93. The van der Waals surface area contributed by atoms with Crippen LogP contribution in [0.2, 0.25) is 0 Å². The molecule has 3 N–H and O–H groups in total. The summed E-state index contributed by atoms with van der Waals surface area (Å²) < 4.78 is 5.13. The van der Waals surface area contributed by atoms with Crippen LogP contribution >= 0.6 is 0 Å². The van der Waals surface area contributed by atoms with Crippen LogP contribution in [0.5, 0.6) is 0 Å². The van der Waals surface area contributed by atoms with E-state index in [1.54, 1.807) is 0 Å². The van der Waals surface area contributed by atoms with Crippen molar-refractivity contribution in [1.29, 1.82) is 0 Å². The summed E-state index contributed by atoms with van der Waals surface area (Å²) in [6.07, 6.45) is 2.28. The van der Waals surface area contributed by atoms with Crippen LogP contribution in [-0.2, 0) is 4.74 Å². The molecular weight excluding hydrogens is 104 g/mol. The summed E-state index contributed by atoms with van der Waals surface area (Å²) in [7, 11) is 0. The molecule has 0 aromatic heterocycles. The molecule has 1 aliphatic heterocycles. The molecule has 1 heterocycles. The lowest BCUT2D eigenvalue weighted by molar-refractivity contribution is 0.0706. The Balaban J connectivity index is 2.13. The van der Waals surface area contributed by atoms with Crippen molar-refractivity contribution in [3.8, 4) is 0 Å². The van der Waals surface area contributed by atoms with E-state index in [1.165, 1.54) is 0 Å². The van der Waals surface area contributed by atoms with Crippen LogP contribution in [0, 0.1) is 0 Å². The molecule has 0 bridgehead atoms. The van der Waals surface area contributed by atoms with E-state index in [0.29, 0.717) is 6.04 Å². The molecule has 3 heteroatoms.